The predicted octanol–water partition coefficient (Wildman–Crippen LogP) is 7.47. The second kappa shape index (κ2) is 22.2. The lowest BCUT2D eigenvalue weighted by Crippen LogP contribution is -2.08. The van der Waals surface area contributed by atoms with Crippen molar-refractivity contribution in [1.82, 2.24) is 0 Å². The lowest BCUT2D eigenvalue weighted by Gasteiger charge is -2.04. The monoisotopic (exact) mass is 446 g/mol. The van der Waals surface area contributed by atoms with Crippen LogP contribution in [-0.2, 0) is 19.1 Å². The molecule has 0 bridgehead atoms. The Hall–Kier alpha value is -2.02. The third-order valence-electron chi connectivity index (χ3n) is 5.11. The van der Waals surface area contributed by atoms with E-state index in [1.807, 2.05) is 13.0 Å². The van der Waals surface area contributed by atoms with Crippen molar-refractivity contribution < 1.29 is 19.1 Å². The van der Waals surface area contributed by atoms with E-state index in [4.69, 9.17) is 9.47 Å². The zero-order valence-corrected chi connectivity index (χ0v) is 21.1. The highest BCUT2D eigenvalue weighted by Crippen LogP contribution is 2.09. The summed E-state index contributed by atoms with van der Waals surface area (Å²) in [4.78, 5) is 23.4. The van der Waals surface area contributed by atoms with Crippen LogP contribution in [0.2, 0.25) is 0 Å². The number of hydrogen-bond donors (Lipinski definition) is 0. The normalized spacial score (nSPS) is 10.8. The summed E-state index contributed by atoms with van der Waals surface area (Å²) in [6.07, 6.45) is 18.2. The van der Waals surface area contributed by atoms with Crippen LogP contribution in [0.25, 0.3) is 0 Å². The molecule has 0 aromatic carbocycles. The molecule has 0 radical (unpaired) electrons. The number of rotatable bonds is 18. The second-order valence-electron chi connectivity index (χ2n) is 8.65. The van der Waals surface area contributed by atoms with Gasteiger partial charge in [0.25, 0.3) is 0 Å². The van der Waals surface area contributed by atoms with Gasteiger partial charge in [-0.3, -0.25) is 9.59 Å². The quantitative estimate of drug-likeness (QED) is 0.0948. The Kier molecular flexibility index (Phi) is 20.8. The first-order valence-electron chi connectivity index (χ1n) is 12.5. The molecule has 0 heterocycles. The summed E-state index contributed by atoms with van der Waals surface area (Å²) in [6.45, 7) is 8.88. The van der Waals surface area contributed by atoms with Crippen molar-refractivity contribution in [1.29, 1.82) is 0 Å². The molecule has 0 aliphatic heterocycles. The topological polar surface area (TPSA) is 52.6 Å². The maximum absolute atomic E-state index is 11.7. The molecule has 182 valence electrons. The average Bonchev–Trinajstić information content (AvgIpc) is 2.74. The molecule has 4 heteroatoms. The van der Waals surface area contributed by atoms with Gasteiger partial charge in [0.15, 0.2) is 6.61 Å². The number of carbonyl (C=O) groups excluding carboxylic acids is 2. The van der Waals surface area contributed by atoms with Gasteiger partial charge in [-0.05, 0) is 52.5 Å². The molecule has 0 saturated heterocycles. The third-order valence-corrected chi connectivity index (χ3v) is 5.11. The standard InChI is InChI=1S/C28H46O4/c1-5-6-7-8-9-10-11-12-13-14-15-23-31-27(29)20-17-21-28(30)32-24-22-26(4)19-16-18-25(2)3/h18,22H,5-13,16-17,19-21,23-24H2,1-4H3/b26-22+. The number of hydrogen-bond acceptors (Lipinski definition) is 4. The maximum Gasteiger partial charge on any atom is 0.306 e. The van der Waals surface area contributed by atoms with Crippen LogP contribution in [0.3, 0.4) is 0 Å². The largest absolute Gasteiger partial charge is 0.461 e. The minimum Gasteiger partial charge on any atom is -0.461 e. The Morgan fingerprint density at radius 2 is 1.34 bits per heavy atom. The van der Waals surface area contributed by atoms with Gasteiger partial charge < -0.3 is 9.47 Å². The Labute approximate surface area is 197 Å². The fourth-order valence-electron chi connectivity index (χ4n) is 3.09. The smallest absolute Gasteiger partial charge is 0.306 e. The van der Waals surface area contributed by atoms with Crippen molar-refractivity contribution in [3.63, 3.8) is 0 Å². The van der Waals surface area contributed by atoms with Gasteiger partial charge in [0.1, 0.15) is 6.61 Å². The zero-order valence-electron chi connectivity index (χ0n) is 21.1. The molecule has 0 rings (SSSR count). The van der Waals surface area contributed by atoms with E-state index >= 15 is 0 Å². The molecule has 0 N–H and O–H groups in total. The predicted molar refractivity (Wildman–Crippen MR) is 133 cm³/mol. The minimum absolute atomic E-state index is 0.136. The molecule has 0 fully saturated rings. The fraction of sp³-hybridized carbons (Fsp3) is 0.714. The van der Waals surface area contributed by atoms with Gasteiger partial charge in [-0.25, -0.2) is 0 Å². The van der Waals surface area contributed by atoms with E-state index < -0.39 is 0 Å². The molecule has 0 saturated carbocycles. The van der Waals surface area contributed by atoms with E-state index in [-0.39, 0.29) is 31.4 Å². The summed E-state index contributed by atoms with van der Waals surface area (Å²) in [5.41, 5.74) is 2.52. The van der Waals surface area contributed by atoms with Crippen LogP contribution in [0.4, 0.5) is 0 Å². The van der Waals surface area contributed by atoms with Crippen molar-refractivity contribution in [3.05, 3.63) is 23.3 Å². The van der Waals surface area contributed by atoms with Crippen molar-refractivity contribution in [2.75, 3.05) is 13.2 Å². The zero-order chi connectivity index (χ0) is 23.9. The molecular weight excluding hydrogens is 400 g/mol. The van der Waals surface area contributed by atoms with Crippen molar-refractivity contribution in [2.45, 2.75) is 118 Å². The molecule has 0 spiro atoms. The van der Waals surface area contributed by atoms with Gasteiger partial charge in [-0.2, -0.15) is 0 Å². The molecule has 0 aromatic heterocycles. The lowest BCUT2D eigenvalue weighted by atomic mass is 10.1. The highest BCUT2D eigenvalue weighted by molar-refractivity contribution is 5.72. The minimum atomic E-state index is -0.311. The lowest BCUT2D eigenvalue weighted by molar-refractivity contribution is -0.144. The highest BCUT2D eigenvalue weighted by atomic mass is 16.5. The SMILES string of the molecule is CCCCCCCCCCC#CCOC(=O)CCCC(=O)OC/C=C(\C)CCC=C(C)C. The Bertz CT molecular complexity index is 615. The van der Waals surface area contributed by atoms with Gasteiger partial charge in [-0.15, -0.1) is 0 Å². The van der Waals surface area contributed by atoms with Crippen molar-refractivity contribution in [3.8, 4) is 11.8 Å². The number of ether oxygens (including phenoxy) is 2. The average molecular weight is 447 g/mol. The molecule has 0 amide bonds. The van der Waals surface area contributed by atoms with E-state index in [0.29, 0.717) is 13.0 Å². The van der Waals surface area contributed by atoms with Crippen LogP contribution >= 0.6 is 0 Å². The van der Waals surface area contributed by atoms with Gasteiger partial charge in [-0.1, -0.05) is 80.9 Å². The van der Waals surface area contributed by atoms with Crippen LogP contribution < -0.4 is 0 Å². The molecular formula is C28H46O4. The molecule has 0 aliphatic carbocycles. The number of allylic oxidation sites excluding steroid dienone is 3. The maximum atomic E-state index is 11.7. The van der Waals surface area contributed by atoms with Gasteiger partial charge in [0.05, 0.1) is 0 Å². The summed E-state index contributed by atoms with van der Waals surface area (Å²) >= 11 is 0. The highest BCUT2D eigenvalue weighted by Gasteiger charge is 2.06. The molecule has 0 aliphatic rings. The first-order chi connectivity index (χ1) is 15.5. The summed E-state index contributed by atoms with van der Waals surface area (Å²) in [6, 6.07) is 0. The molecule has 0 atom stereocenters. The van der Waals surface area contributed by atoms with E-state index in [0.717, 1.165) is 25.7 Å². The van der Waals surface area contributed by atoms with Gasteiger partial charge in [0.2, 0.25) is 0 Å². The summed E-state index contributed by atoms with van der Waals surface area (Å²) < 4.78 is 10.3. The molecule has 32 heavy (non-hydrogen) atoms. The van der Waals surface area contributed by atoms with Gasteiger partial charge in [0, 0.05) is 19.3 Å². The van der Waals surface area contributed by atoms with Crippen LogP contribution in [0.1, 0.15) is 118 Å². The number of unbranched alkanes of at least 4 members (excludes halogenated alkanes) is 8. The van der Waals surface area contributed by atoms with Crippen molar-refractivity contribution in [2.24, 2.45) is 0 Å². The Morgan fingerprint density at radius 3 is 2.00 bits per heavy atom. The van der Waals surface area contributed by atoms with Crippen LogP contribution in [0.5, 0.6) is 0 Å². The Morgan fingerprint density at radius 1 is 0.719 bits per heavy atom. The van der Waals surface area contributed by atoms with Crippen LogP contribution in [-0.4, -0.2) is 25.2 Å². The van der Waals surface area contributed by atoms with E-state index in [2.05, 4.69) is 38.7 Å². The van der Waals surface area contributed by atoms with E-state index in [1.165, 1.54) is 56.1 Å². The van der Waals surface area contributed by atoms with E-state index in [9.17, 15) is 9.59 Å². The second-order valence-corrected chi connectivity index (χ2v) is 8.65. The van der Waals surface area contributed by atoms with Crippen molar-refractivity contribution >= 4 is 11.9 Å². The summed E-state index contributed by atoms with van der Waals surface area (Å²) in [5.74, 6) is 5.37. The first-order valence-corrected chi connectivity index (χ1v) is 12.5. The Balaban J connectivity index is 3.62. The number of carbonyl (C=O) groups is 2. The third kappa shape index (κ3) is 22.7. The molecule has 4 nitrogen and oxygen atoms in total. The van der Waals surface area contributed by atoms with E-state index in [1.54, 1.807) is 0 Å². The summed E-state index contributed by atoms with van der Waals surface area (Å²) in [7, 11) is 0. The molecule has 0 aromatic rings. The first kappa shape index (κ1) is 30.0. The number of esters is 2. The fourth-order valence-corrected chi connectivity index (χ4v) is 3.09. The van der Waals surface area contributed by atoms with Crippen LogP contribution in [0.15, 0.2) is 23.3 Å². The summed E-state index contributed by atoms with van der Waals surface area (Å²) in [5, 5.41) is 0. The van der Waals surface area contributed by atoms with Gasteiger partial charge >= 0.3 is 11.9 Å². The molecule has 0 unspecified atom stereocenters. The van der Waals surface area contributed by atoms with Crippen LogP contribution in [0, 0.1) is 11.8 Å².